The highest BCUT2D eigenvalue weighted by atomic mass is 19.4. The summed E-state index contributed by atoms with van der Waals surface area (Å²) in [5, 5.41) is 14.5. The van der Waals surface area contributed by atoms with E-state index in [1.54, 1.807) is 6.07 Å². The van der Waals surface area contributed by atoms with Gasteiger partial charge in [-0.3, -0.25) is 24.6 Å². The first-order valence-corrected chi connectivity index (χ1v) is 12.6. The van der Waals surface area contributed by atoms with Crippen LogP contribution in [0.15, 0.2) is 54.6 Å². The molecule has 42 heavy (non-hydrogen) atoms. The maximum absolute atomic E-state index is 13.9. The largest absolute Gasteiger partial charge is 0.497 e. The van der Waals surface area contributed by atoms with Crippen LogP contribution in [0.1, 0.15) is 29.5 Å². The summed E-state index contributed by atoms with van der Waals surface area (Å²) < 4.78 is 63.0. The molecular formula is C28H24F3N3O8. The summed E-state index contributed by atoms with van der Waals surface area (Å²) in [6.07, 6.45) is -5.19. The van der Waals surface area contributed by atoms with Crippen molar-refractivity contribution < 1.29 is 46.6 Å². The maximum atomic E-state index is 13.9. The van der Waals surface area contributed by atoms with E-state index in [2.05, 4.69) is 5.32 Å². The Labute approximate surface area is 236 Å². The Kier molecular flexibility index (Phi) is 7.54. The predicted octanol–water partition coefficient (Wildman–Crippen LogP) is 5.42. The minimum Gasteiger partial charge on any atom is -0.497 e. The summed E-state index contributed by atoms with van der Waals surface area (Å²) in [6, 6.07) is 11.7. The number of anilines is 3. The first kappa shape index (κ1) is 28.5. The molecular weight excluding hydrogens is 563 g/mol. The highest BCUT2D eigenvalue weighted by molar-refractivity contribution is 5.98. The average Bonchev–Trinajstić information content (AvgIpc) is 3.57. The van der Waals surface area contributed by atoms with Gasteiger partial charge >= 0.3 is 18.1 Å². The summed E-state index contributed by atoms with van der Waals surface area (Å²) in [5.74, 6) is -2.20. The van der Waals surface area contributed by atoms with E-state index >= 15 is 0 Å². The molecule has 0 saturated heterocycles. The number of carbonyl (C=O) groups is 2. The fourth-order valence-corrected chi connectivity index (χ4v) is 5.03. The number of nitro benzene ring substituents is 1. The summed E-state index contributed by atoms with van der Waals surface area (Å²) in [4.78, 5) is 36.2. The van der Waals surface area contributed by atoms with Gasteiger partial charge in [-0.25, -0.2) is 0 Å². The fraction of sp³-hybridized carbons (Fsp3) is 0.286. The molecule has 14 heteroatoms. The van der Waals surface area contributed by atoms with Gasteiger partial charge in [-0.1, -0.05) is 18.2 Å². The number of benzene rings is 3. The van der Waals surface area contributed by atoms with Crippen molar-refractivity contribution in [3.63, 3.8) is 0 Å². The Morgan fingerprint density at radius 1 is 1.05 bits per heavy atom. The van der Waals surface area contributed by atoms with Crippen molar-refractivity contribution in [3.8, 4) is 17.2 Å². The van der Waals surface area contributed by atoms with Crippen LogP contribution < -0.4 is 24.4 Å². The monoisotopic (exact) mass is 587 g/mol. The Hall–Kier alpha value is -5.01. The number of alkyl halides is 3. The molecule has 0 saturated carbocycles. The predicted molar refractivity (Wildman–Crippen MR) is 142 cm³/mol. The molecule has 2 aliphatic heterocycles. The lowest BCUT2D eigenvalue weighted by Crippen LogP contribution is -2.44. The fourth-order valence-electron chi connectivity index (χ4n) is 5.03. The lowest BCUT2D eigenvalue weighted by atomic mass is 9.97. The van der Waals surface area contributed by atoms with Gasteiger partial charge in [-0.15, -0.1) is 0 Å². The second kappa shape index (κ2) is 11.1. The Morgan fingerprint density at radius 2 is 1.83 bits per heavy atom. The Morgan fingerprint density at radius 3 is 2.52 bits per heavy atom. The third-order valence-corrected chi connectivity index (χ3v) is 7.03. The number of para-hydroxylation sites is 1. The number of methoxy groups -OCH3 is 2. The number of esters is 1. The number of halogens is 3. The van der Waals surface area contributed by atoms with Crippen LogP contribution >= 0.6 is 0 Å². The van der Waals surface area contributed by atoms with E-state index in [0.29, 0.717) is 16.2 Å². The highest BCUT2D eigenvalue weighted by Crippen LogP contribution is 2.47. The molecule has 2 atom stereocenters. The summed E-state index contributed by atoms with van der Waals surface area (Å²) in [7, 11) is 2.65. The van der Waals surface area contributed by atoms with E-state index in [9.17, 15) is 32.9 Å². The molecule has 0 aromatic heterocycles. The molecule has 0 aliphatic carbocycles. The molecule has 0 bridgehead atoms. The maximum Gasteiger partial charge on any atom is 0.471 e. The number of nitrogens with one attached hydrogen (secondary N) is 1. The molecule has 2 aliphatic rings. The Balaban J connectivity index is 1.52. The summed E-state index contributed by atoms with van der Waals surface area (Å²) in [5.41, 5.74) is 0.832. The van der Waals surface area contributed by atoms with Crippen LogP contribution in [-0.2, 0) is 14.3 Å². The molecule has 220 valence electrons. The molecule has 5 rings (SSSR count). The van der Waals surface area contributed by atoms with Crippen molar-refractivity contribution in [2.45, 2.75) is 24.6 Å². The summed E-state index contributed by atoms with van der Waals surface area (Å²) >= 11 is 0. The van der Waals surface area contributed by atoms with Crippen molar-refractivity contribution in [1.29, 1.82) is 0 Å². The minimum atomic E-state index is -5.22. The number of carbonyl (C=O) groups excluding carboxylic acids is 2. The van der Waals surface area contributed by atoms with Gasteiger partial charge in [0.05, 0.1) is 43.9 Å². The van der Waals surface area contributed by atoms with Crippen LogP contribution in [0.2, 0.25) is 0 Å². The number of nitrogens with zero attached hydrogens (tertiary/aromatic N) is 2. The third kappa shape index (κ3) is 5.34. The Bertz CT molecular complexity index is 1560. The normalized spacial score (nSPS) is 16.9. The number of nitro groups is 1. The van der Waals surface area contributed by atoms with Crippen LogP contribution in [0.3, 0.4) is 0 Å². The van der Waals surface area contributed by atoms with Gasteiger partial charge in [0.15, 0.2) is 0 Å². The van der Waals surface area contributed by atoms with Crippen LogP contribution in [0, 0.1) is 10.1 Å². The summed E-state index contributed by atoms with van der Waals surface area (Å²) in [6.45, 7) is -0.194. The van der Waals surface area contributed by atoms with E-state index < -0.39 is 29.0 Å². The van der Waals surface area contributed by atoms with Crippen molar-refractivity contribution >= 4 is 34.6 Å². The number of ether oxygens (including phenoxy) is 4. The smallest absolute Gasteiger partial charge is 0.471 e. The SMILES string of the molecule is COC(=O)C[C@@H]1COc2cc(N(C(=O)C(F)(F)F)[C@@H]3COc4c(Nc5cc(OC)ccc5[N+](=O)[O-])cccc43)ccc21. The van der Waals surface area contributed by atoms with Gasteiger partial charge in [0.2, 0.25) is 0 Å². The zero-order valence-corrected chi connectivity index (χ0v) is 22.3. The average molecular weight is 588 g/mol. The van der Waals surface area contributed by atoms with E-state index in [-0.39, 0.29) is 65.4 Å². The molecule has 2 heterocycles. The minimum absolute atomic E-state index is 0.0269. The standard InChI is InChI=1S/C28H24F3N3O8/c1-39-17-7-9-22(34(37)38)21(12-17)32-20-5-3-4-19-23(14-42-26(19)20)33(27(36)28(29,30)31)16-6-8-18-15(10-25(35)40-2)13-41-24(18)11-16/h3-9,11-12,15,23,32H,10,13-14H2,1-2H3/t15-,23-/m1/s1. The second-order valence-corrected chi connectivity index (χ2v) is 9.50. The van der Waals surface area contributed by atoms with Gasteiger partial charge in [0.1, 0.15) is 29.5 Å². The molecule has 0 radical (unpaired) electrons. The van der Waals surface area contributed by atoms with E-state index in [0.717, 1.165) is 0 Å². The van der Waals surface area contributed by atoms with Crippen LogP contribution in [-0.4, -0.2) is 50.4 Å². The number of fused-ring (bicyclic) bond motifs is 2. The zero-order chi connectivity index (χ0) is 30.2. The van der Waals surface area contributed by atoms with Crippen molar-refractivity contribution in [1.82, 2.24) is 0 Å². The van der Waals surface area contributed by atoms with Gasteiger partial charge in [0.25, 0.3) is 5.69 Å². The first-order chi connectivity index (χ1) is 20.0. The number of rotatable bonds is 8. The topological polar surface area (TPSA) is 129 Å². The molecule has 0 spiro atoms. The van der Waals surface area contributed by atoms with Crippen molar-refractivity contribution in [2.75, 3.05) is 37.7 Å². The molecule has 0 fully saturated rings. The molecule has 3 aromatic rings. The molecule has 3 aromatic carbocycles. The molecule has 11 nitrogen and oxygen atoms in total. The van der Waals surface area contributed by atoms with Crippen LogP contribution in [0.4, 0.5) is 35.9 Å². The second-order valence-electron chi connectivity index (χ2n) is 9.50. The van der Waals surface area contributed by atoms with Crippen LogP contribution in [0.25, 0.3) is 0 Å². The third-order valence-electron chi connectivity index (χ3n) is 7.03. The van der Waals surface area contributed by atoms with Gasteiger partial charge in [-0.2, -0.15) is 13.2 Å². The van der Waals surface area contributed by atoms with E-state index in [1.165, 1.54) is 62.8 Å². The number of hydrogen-bond acceptors (Lipinski definition) is 9. The van der Waals surface area contributed by atoms with Crippen LogP contribution in [0.5, 0.6) is 17.2 Å². The van der Waals surface area contributed by atoms with Crippen molar-refractivity contribution in [3.05, 3.63) is 75.8 Å². The zero-order valence-electron chi connectivity index (χ0n) is 22.3. The van der Waals surface area contributed by atoms with Crippen molar-refractivity contribution in [2.24, 2.45) is 0 Å². The van der Waals surface area contributed by atoms with E-state index in [4.69, 9.17) is 18.9 Å². The first-order valence-electron chi connectivity index (χ1n) is 12.6. The number of hydrogen-bond donors (Lipinski definition) is 1. The van der Waals surface area contributed by atoms with Gasteiger partial charge < -0.3 is 24.3 Å². The molecule has 1 amide bonds. The molecule has 0 unspecified atom stereocenters. The van der Waals surface area contributed by atoms with E-state index in [1.807, 2.05) is 0 Å². The van der Waals surface area contributed by atoms with Gasteiger partial charge in [-0.05, 0) is 18.2 Å². The number of amides is 1. The lowest BCUT2D eigenvalue weighted by molar-refractivity contribution is -0.383. The highest BCUT2D eigenvalue weighted by Gasteiger charge is 2.48. The molecule has 1 N–H and O–H groups in total. The quantitative estimate of drug-likeness (QED) is 0.209. The van der Waals surface area contributed by atoms with Gasteiger partial charge in [0, 0.05) is 40.9 Å². The lowest BCUT2D eigenvalue weighted by Gasteiger charge is -2.29.